The third kappa shape index (κ3) is 11.9. The molecule has 0 saturated heterocycles. The van der Waals surface area contributed by atoms with Gasteiger partial charge in [0.15, 0.2) is 0 Å². The monoisotopic (exact) mass is 202 g/mol. The molecule has 0 aliphatic rings. The van der Waals surface area contributed by atoms with Crippen molar-refractivity contribution in [2.45, 2.75) is 20.8 Å². The van der Waals surface area contributed by atoms with E-state index in [1.165, 1.54) is 0 Å². The van der Waals surface area contributed by atoms with E-state index in [1.807, 2.05) is 0 Å². The molecule has 1 N–H and O–H groups in total. The summed E-state index contributed by atoms with van der Waals surface area (Å²) in [6, 6.07) is 0. The molecular weight excluding hydrogens is 176 g/mol. The molecule has 0 aliphatic heterocycles. The number of rotatable bonds is 7. The fourth-order valence-electron chi connectivity index (χ4n) is 0.957. The molecule has 0 fully saturated rings. The van der Waals surface area contributed by atoms with Crippen LogP contribution in [0.5, 0.6) is 0 Å². The predicted octanol–water partition coefficient (Wildman–Crippen LogP) is 1.20. The Morgan fingerprint density at radius 3 is 2.29 bits per heavy atom. The van der Waals surface area contributed by atoms with Gasteiger partial charge in [-0.15, -0.1) is 0 Å². The van der Waals surface area contributed by atoms with Gasteiger partial charge in [-0.05, 0) is 19.5 Å². The van der Waals surface area contributed by atoms with Crippen molar-refractivity contribution >= 4 is 0 Å². The van der Waals surface area contributed by atoms with Crippen LogP contribution in [0.25, 0.3) is 0 Å². The highest BCUT2D eigenvalue weighted by Gasteiger charge is 2.07. The lowest BCUT2D eigenvalue weighted by molar-refractivity contribution is 0.118. The lowest BCUT2D eigenvalue weighted by atomic mass is 9.97. The highest BCUT2D eigenvalue weighted by Crippen LogP contribution is 2.09. The highest BCUT2D eigenvalue weighted by atomic mass is 16.5. The summed E-state index contributed by atoms with van der Waals surface area (Å²) in [7, 11) is 4.11. The minimum absolute atomic E-state index is 0.365. The molecule has 0 aliphatic carbocycles. The van der Waals surface area contributed by atoms with Gasteiger partial charge in [-0.3, -0.25) is 0 Å². The molecule has 0 bridgehead atoms. The van der Waals surface area contributed by atoms with Crippen LogP contribution in [0.3, 0.4) is 0 Å². The Hall–Kier alpha value is -0.120. The van der Waals surface area contributed by atoms with Crippen molar-refractivity contribution < 1.29 is 4.74 Å². The third-order valence-corrected chi connectivity index (χ3v) is 1.76. The van der Waals surface area contributed by atoms with Gasteiger partial charge in [-0.25, -0.2) is 0 Å². The first-order valence-electron chi connectivity index (χ1n) is 5.35. The Morgan fingerprint density at radius 1 is 1.14 bits per heavy atom. The van der Waals surface area contributed by atoms with E-state index in [4.69, 9.17) is 4.74 Å². The van der Waals surface area contributed by atoms with E-state index in [-0.39, 0.29) is 0 Å². The van der Waals surface area contributed by atoms with E-state index in [9.17, 15) is 0 Å². The molecule has 0 aromatic carbocycles. The average molecular weight is 202 g/mol. The molecule has 0 heterocycles. The highest BCUT2D eigenvalue weighted by molar-refractivity contribution is 4.64. The van der Waals surface area contributed by atoms with Crippen LogP contribution < -0.4 is 5.32 Å². The van der Waals surface area contributed by atoms with E-state index >= 15 is 0 Å². The number of hydrogen-bond donors (Lipinski definition) is 1. The first-order chi connectivity index (χ1) is 6.42. The predicted molar refractivity (Wildman–Crippen MR) is 61.7 cm³/mol. The van der Waals surface area contributed by atoms with Crippen molar-refractivity contribution in [1.82, 2.24) is 10.2 Å². The van der Waals surface area contributed by atoms with Crippen LogP contribution in [-0.2, 0) is 4.74 Å². The van der Waals surface area contributed by atoms with E-state index < -0.39 is 0 Å². The Morgan fingerprint density at radius 2 is 1.79 bits per heavy atom. The van der Waals surface area contributed by atoms with Crippen molar-refractivity contribution in [2.75, 3.05) is 46.9 Å². The number of nitrogens with zero attached hydrogens (tertiary/aromatic N) is 1. The lowest BCUT2D eigenvalue weighted by Gasteiger charge is -2.18. The summed E-state index contributed by atoms with van der Waals surface area (Å²) >= 11 is 0. The van der Waals surface area contributed by atoms with Crippen LogP contribution in [0.1, 0.15) is 20.8 Å². The minimum atomic E-state index is 0.365. The van der Waals surface area contributed by atoms with Crippen LogP contribution in [0.2, 0.25) is 0 Å². The summed E-state index contributed by atoms with van der Waals surface area (Å²) in [5.41, 5.74) is 0.365. The van der Waals surface area contributed by atoms with Gasteiger partial charge in [0, 0.05) is 19.6 Å². The van der Waals surface area contributed by atoms with Gasteiger partial charge in [0.2, 0.25) is 0 Å². The Bertz CT molecular complexity index is 130. The van der Waals surface area contributed by atoms with Crippen molar-refractivity contribution in [3.63, 3.8) is 0 Å². The molecule has 3 nitrogen and oxygen atoms in total. The maximum atomic E-state index is 5.46. The zero-order valence-electron chi connectivity index (χ0n) is 10.4. The molecule has 0 amide bonds. The van der Waals surface area contributed by atoms with Gasteiger partial charge in [-0.1, -0.05) is 20.8 Å². The molecule has 14 heavy (non-hydrogen) atoms. The summed E-state index contributed by atoms with van der Waals surface area (Å²) in [4.78, 5) is 2.13. The van der Waals surface area contributed by atoms with E-state index in [0.717, 1.165) is 32.8 Å². The minimum Gasteiger partial charge on any atom is -0.379 e. The second-order valence-electron chi connectivity index (χ2n) is 5.15. The number of nitrogens with one attached hydrogen (secondary N) is 1. The normalized spacial score (nSPS) is 12.4. The number of hydrogen-bond acceptors (Lipinski definition) is 3. The molecule has 0 unspecified atom stereocenters. The van der Waals surface area contributed by atoms with Crippen LogP contribution >= 0.6 is 0 Å². The second-order valence-corrected chi connectivity index (χ2v) is 5.15. The fraction of sp³-hybridized carbons (Fsp3) is 1.00. The Kier molecular flexibility index (Phi) is 7.15. The molecule has 3 heteroatoms. The topological polar surface area (TPSA) is 24.5 Å². The van der Waals surface area contributed by atoms with Crippen LogP contribution in [0.4, 0.5) is 0 Å². The van der Waals surface area contributed by atoms with Crippen molar-refractivity contribution in [3.8, 4) is 0 Å². The van der Waals surface area contributed by atoms with Crippen LogP contribution in [0.15, 0.2) is 0 Å². The summed E-state index contributed by atoms with van der Waals surface area (Å²) in [5.74, 6) is 0. The summed E-state index contributed by atoms with van der Waals surface area (Å²) in [6.45, 7) is 11.3. The van der Waals surface area contributed by atoms with Crippen LogP contribution in [0, 0.1) is 5.41 Å². The fourth-order valence-corrected chi connectivity index (χ4v) is 0.957. The first-order valence-corrected chi connectivity index (χ1v) is 5.35. The van der Waals surface area contributed by atoms with Gasteiger partial charge in [0.25, 0.3) is 0 Å². The molecule has 0 saturated carbocycles. The third-order valence-electron chi connectivity index (χ3n) is 1.76. The number of ether oxygens (including phenoxy) is 1. The van der Waals surface area contributed by atoms with Gasteiger partial charge in [-0.2, -0.15) is 0 Å². The smallest absolute Gasteiger partial charge is 0.0593 e. The molecule has 0 rings (SSSR count). The summed E-state index contributed by atoms with van der Waals surface area (Å²) in [5, 5.41) is 3.37. The van der Waals surface area contributed by atoms with Crippen molar-refractivity contribution in [1.29, 1.82) is 0 Å². The van der Waals surface area contributed by atoms with Gasteiger partial charge in [0.05, 0.1) is 13.2 Å². The van der Waals surface area contributed by atoms with Gasteiger partial charge in [0.1, 0.15) is 0 Å². The Balaban J connectivity index is 3.07. The lowest BCUT2D eigenvalue weighted by Crippen LogP contribution is -2.30. The van der Waals surface area contributed by atoms with E-state index in [2.05, 4.69) is 45.1 Å². The molecule has 86 valence electrons. The molecule has 0 aromatic rings. The summed E-state index contributed by atoms with van der Waals surface area (Å²) < 4.78 is 5.46. The second kappa shape index (κ2) is 7.21. The van der Waals surface area contributed by atoms with Crippen LogP contribution in [-0.4, -0.2) is 51.8 Å². The number of likely N-dealkylation sites (N-methyl/N-ethyl adjacent to an activating group) is 1. The first kappa shape index (κ1) is 13.9. The van der Waals surface area contributed by atoms with Gasteiger partial charge >= 0.3 is 0 Å². The zero-order chi connectivity index (χ0) is 11.0. The maximum absolute atomic E-state index is 5.46. The Labute approximate surface area is 88.8 Å². The molecule has 0 spiro atoms. The summed E-state index contributed by atoms with van der Waals surface area (Å²) in [6.07, 6.45) is 0. The average Bonchev–Trinajstić information content (AvgIpc) is 2.00. The van der Waals surface area contributed by atoms with E-state index in [1.54, 1.807) is 0 Å². The molecule has 0 aromatic heterocycles. The van der Waals surface area contributed by atoms with Crippen molar-refractivity contribution in [2.24, 2.45) is 5.41 Å². The molecule has 0 atom stereocenters. The largest absolute Gasteiger partial charge is 0.379 e. The molecule has 0 radical (unpaired) electrons. The van der Waals surface area contributed by atoms with E-state index in [0.29, 0.717) is 5.41 Å². The van der Waals surface area contributed by atoms with Gasteiger partial charge < -0.3 is 15.0 Å². The van der Waals surface area contributed by atoms with Crippen molar-refractivity contribution in [3.05, 3.63) is 0 Å². The SMILES string of the molecule is CN(C)CCOCCNCC(C)(C)C. The zero-order valence-corrected chi connectivity index (χ0v) is 10.4. The standard InChI is InChI=1S/C11H26N2O/c1-11(2,3)10-12-6-8-14-9-7-13(4)5/h12H,6-10H2,1-5H3. The quantitative estimate of drug-likeness (QED) is 0.628. The maximum Gasteiger partial charge on any atom is 0.0593 e. The molecular formula is C11H26N2O.